The number of hydrogen-bond acceptors (Lipinski definition) is 2. The summed E-state index contributed by atoms with van der Waals surface area (Å²) in [5.41, 5.74) is 2.24. The van der Waals surface area contributed by atoms with Crippen molar-refractivity contribution in [3.63, 3.8) is 0 Å². The van der Waals surface area contributed by atoms with Crippen molar-refractivity contribution < 1.29 is 9.36 Å². The molecule has 2 atom stereocenters. The fourth-order valence-electron chi connectivity index (χ4n) is 3.73. The number of Topliss-reactive ketones (excluding diaryl/α,β-unsaturated/α-hetero) is 1. The molecular weight excluding hydrogens is 379 g/mol. The van der Waals surface area contributed by atoms with E-state index in [1.54, 1.807) is 6.08 Å². The summed E-state index contributed by atoms with van der Waals surface area (Å²) < 4.78 is 18.4. The highest BCUT2D eigenvalue weighted by molar-refractivity contribution is 7.60. The Labute approximate surface area is 174 Å². The first-order chi connectivity index (χ1) is 13.9. The number of benzene rings is 2. The molecule has 1 aliphatic heterocycles. The highest BCUT2D eigenvalue weighted by Gasteiger charge is 2.44. The van der Waals surface area contributed by atoms with Crippen LogP contribution in [-0.4, -0.2) is 34.4 Å². The Hall–Kier alpha value is -2.00. The van der Waals surface area contributed by atoms with Crippen molar-refractivity contribution in [3.8, 4) is 0 Å². The Morgan fingerprint density at radius 1 is 0.966 bits per heavy atom. The van der Waals surface area contributed by atoms with Crippen molar-refractivity contribution in [2.24, 2.45) is 11.8 Å². The lowest BCUT2D eigenvalue weighted by Crippen LogP contribution is -2.28. The summed E-state index contributed by atoms with van der Waals surface area (Å²) >= 11 is 0. The molecule has 29 heavy (non-hydrogen) atoms. The minimum Gasteiger partial charge on any atom is -0.299 e. The lowest BCUT2D eigenvalue weighted by Gasteiger charge is -2.31. The standard InChI is InChI=1S/C24H31N2O2P/c1-4-20(2)21(3)24(27)19-29(28)25(17-22-11-7-5-8-12-22)15-16-26(29)18-23-13-9-6-10-14-23/h4-14,20-21H,1,15-19H2,2-3H3/t20-,21-/m1/s1. The van der Waals surface area contributed by atoms with Gasteiger partial charge in [0.2, 0.25) is 7.44 Å². The molecule has 0 spiro atoms. The van der Waals surface area contributed by atoms with Crippen LogP contribution >= 0.6 is 7.44 Å². The Bertz CT molecular complexity index is 815. The van der Waals surface area contributed by atoms with E-state index in [1.165, 1.54) is 0 Å². The molecule has 1 aliphatic rings. The molecule has 2 aromatic rings. The van der Waals surface area contributed by atoms with Gasteiger partial charge in [-0.05, 0) is 17.0 Å². The van der Waals surface area contributed by atoms with Crippen LogP contribution in [0.3, 0.4) is 0 Å². The highest BCUT2D eigenvalue weighted by atomic mass is 31.2. The van der Waals surface area contributed by atoms with Crippen molar-refractivity contribution in [1.82, 2.24) is 9.34 Å². The van der Waals surface area contributed by atoms with Gasteiger partial charge in [0.05, 0.1) is 6.16 Å². The average molecular weight is 410 g/mol. The van der Waals surface area contributed by atoms with Crippen LogP contribution < -0.4 is 0 Å². The molecule has 1 saturated heterocycles. The molecule has 0 aliphatic carbocycles. The molecule has 0 amide bonds. The summed E-state index contributed by atoms with van der Waals surface area (Å²) in [6.45, 7) is 10.3. The van der Waals surface area contributed by atoms with Crippen LogP contribution in [0.2, 0.25) is 0 Å². The van der Waals surface area contributed by atoms with Gasteiger partial charge in [-0.25, -0.2) is 9.34 Å². The second-order valence-electron chi connectivity index (χ2n) is 7.92. The summed E-state index contributed by atoms with van der Waals surface area (Å²) in [5, 5.41) is 0. The van der Waals surface area contributed by atoms with Gasteiger partial charge in [-0.15, -0.1) is 6.58 Å². The summed E-state index contributed by atoms with van der Waals surface area (Å²) in [6.07, 6.45) is 1.89. The molecule has 0 aromatic heterocycles. The summed E-state index contributed by atoms with van der Waals surface area (Å²) in [5.74, 6) is -0.0586. The van der Waals surface area contributed by atoms with E-state index in [-0.39, 0.29) is 23.8 Å². The van der Waals surface area contributed by atoms with Crippen molar-refractivity contribution in [2.75, 3.05) is 19.3 Å². The van der Waals surface area contributed by atoms with Gasteiger partial charge < -0.3 is 0 Å². The second kappa shape index (κ2) is 9.67. The number of ketones is 1. The van der Waals surface area contributed by atoms with E-state index in [0.717, 1.165) is 11.1 Å². The predicted molar refractivity (Wildman–Crippen MR) is 120 cm³/mol. The van der Waals surface area contributed by atoms with Crippen molar-refractivity contribution in [3.05, 3.63) is 84.4 Å². The van der Waals surface area contributed by atoms with Gasteiger partial charge >= 0.3 is 0 Å². The third-order valence-electron chi connectivity index (χ3n) is 5.95. The lowest BCUT2D eigenvalue weighted by atomic mass is 9.93. The van der Waals surface area contributed by atoms with E-state index < -0.39 is 7.44 Å². The Morgan fingerprint density at radius 3 is 1.83 bits per heavy atom. The number of allylic oxidation sites excluding steroid dienone is 1. The van der Waals surface area contributed by atoms with Crippen molar-refractivity contribution in [2.45, 2.75) is 26.9 Å². The number of hydrogen-bond donors (Lipinski definition) is 0. The maximum Gasteiger partial charge on any atom is 0.224 e. The summed E-state index contributed by atoms with van der Waals surface area (Å²) in [4.78, 5) is 13.0. The zero-order valence-electron chi connectivity index (χ0n) is 17.4. The van der Waals surface area contributed by atoms with Crippen LogP contribution in [0, 0.1) is 11.8 Å². The Kier molecular flexibility index (Phi) is 7.23. The fraction of sp³-hybridized carbons (Fsp3) is 0.375. The lowest BCUT2D eigenvalue weighted by molar-refractivity contribution is -0.120. The van der Waals surface area contributed by atoms with Crippen LogP contribution in [-0.2, 0) is 22.4 Å². The van der Waals surface area contributed by atoms with E-state index in [0.29, 0.717) is 26.2 Å². The molecule has 0 saturated carbocycles. The molecule has 3 rings (SSSR count). The molecule has 1 fully saturated rings. The molecule has 5 heteroatoms. The minimum atomic E-state index is -3.00. The highest BCUT2D eigenvalue weighted by Crippen LogP contribution is 2.58. The van der Waals surface area contributed by atoms with Crippen LogP contribution in [0.1, 0.15) is 25.0 Å². The van der Waals surface area contributed by atoms with Gasteiger partial charge in [-0.2, -0.15) is 0 Å². The predicted octanol–water partition coefficient (Wildman–Crippen LogP) is 5.22. The molecule has 0 bridgehead atoms. The van der Waals surface area contributed by atoms with E-state index in [2.05, 4.69) is 30.8 Å². The largest absolute Gasteiger partial charge is 0.299 e. The third-order valence-corrected chi connectivity index (χ3v) is 9.12. The Balaban J connectivity index is 1.85. The number of carbonyl (C=O) groups is 1. The van der Waals surface area contributed by atoms with Gasteiger partial charge in [0.25, 0.3) is 0 Å². The number of rotatable bonds is 9. The molecule has 2 aromatic carbocycles. The van der Waals surface area contributed by atoms with Crippen molar-refractivity contribution >= 4 is 13.2 Å². The van der Waals surface area contributed by atoms with Gasteiger partial charge in [0, 0.05) is 32.1 Å². The van der Waals surface area contributed by atoms with Gasteiger partial charge in [-0.3, -0.25) is 9.36 Å². The monoisotopic (exact) mass is 410 g/mol. The smallest absolute Gasteiger partial charge is 0.224 e. The second-order valence-corrected chi connectivity index (χ2v) is 10.7. The van der Waals surface area contributed by atoms with Crippen LogP contribution in [0.4, 0.5) is 0 Å². The van der Waals surface area contributed by atoms with E-state index in [1.807, 2.05) is 59.6 Å². The summed E-state index contributed by atoms with van der Waals surface area (Å²) in [7, 11) is -3.00. The maximum absolute atomic E-state index is 14.3. The number of carbonyl (C=O) groups excluding carboxylic acids is 1. The molecule has 4 nitrogen and oxygen atoms in total. The van der Waals surface area contributed by atoms with Gasteiger partial charge in [-0.1, -0.05) is 80.6 Å². The summed E-state index contributed by atoms with van der Waals surface area (Å²) in [6, 6.07) is 20.2. The zero-order chi connectivity index (χ0) is 20.9. The van der Waals surface area contributed by atoms with Crippen LogP contribution in [0.5, 0.6) is 0 Å². The number of nitrogens with zero attached hydrogens (tertiary/aromatic N) is 2. The zero-order valence-corrected chi connectivity index (χ0v) is 18.3. The molecule has 1 heterocycles. The maximum atomic E-state index is 14.3. The SMILES string of the molecule is C=C[C@@H](C)[C@@H](C)C(=O)CP1(=O)N(Cc2ccccc2)CCN1Cc1ccccc1. The first-order valence-electron chi connectivity index (χ1n) is 10.3. The quantitative estimate of drug-likeness (QED) is 0.420. The van der Waals surface area contributed by atoms with Crippen LogP contribution in [0.15, 0.2) is 73.3 Å². The van der Waals surface area contributed by atoms with Gasteiger partial charge in [0.1, 0.15) is 5.78 Å². The minimum absolute atomic E-state index is 0.0544. The molecule has 0 radical (unpaired) electrons. The normalized spacial score (nSPS) is 19.0. The fourth-order valence-corrected chi connectivity index (χ4v) is 6.76. The molecule has 0 N–H and O–H groups in total. The van der Waals surface area contributed by atoms with Gasteiger partial charge in [0.15, 0.2) is 0 Å². The average Bonchev–Trinajstić information content (AvgIpc) is 3.03. The molecular formula is C24H31N2O2P. The van der Waals surface area contributed by atoms with E-state index in [9.17, 15) is 9.36 Å². The van der Waals surface area contributed by atoms with Crippen LogP contribution in [0.25, 0.3) is 0 Å². The third kappa shape index (κ3) is 5.14. The first-order valence-corrected chi connectivity index (χ1v) is 12.1. The van der Waals surface area contributed by atoms with Crippen molar-refractivity contribution in [1.29, 1.82) is 0 Å². The van der Waals surface area contributed by atoms with E-state index >= 15 is 0 Å². The molecule has 154 valence electrons. The van der Waals surface area contributed by atoms with E-state index in [4.69, 9.17) is 0 Å². The topological polar surface area (TPSA) is 40.6 Å². The molecule has 0 unspecified atom stereocenters. The Morgan fingerprint density at radius 2 is 1.41 bits per heavy atom. The first kappa shape index (κ1) is 21.7.